The summed E-state index contributed by atoms with van der Waals surface area (Å²) >= 11 is 0. The van der Waals surface area contributed by atoms with Gasteiger partial charge >= 0.3 is 0 Å². The first kappa shape index (κ1) is 10.7. The third-order valence-electron chi connectivity index (χ3n) is 2.59. The topological polar surface area (TPSA) is 0 Å². The van der Waals surface area contributed by atoms with Crippen LogP contribution in [0.5, 0.6) is 0 Å². The maximum atomic E-state index is 2.43. The highest BCUT2D eigenvalue weighted by atomic mass is 31.1. The molecule has 1 rings (SSSR count). The zero-order chi connectivity index (χ0) is 9.90. The van der Waals surface area contributed by atoms with Gasteiger partial charge in [-0.2, -0.15) is 0 Å². The Morgan fingerprint density at radius 1 is 1.08 bits per heavy atom. The summed E-state index contributed by atoms with van der Waals surface area (Å²) in [6.07, 6.45) is 1.29. The average molecular weight is 195 g/mol. The van der Waals surface area contributed by atoms with E-state index in [2.05, 4.69) is 57.8 Å². The van der Waals surface area contributed by atoms with Gasteiger partial charge < -0.3 is 0 Å². The van der Waals surface area contributed by atoms with Crippen molar-refractivity contribution < 1.29 is 0 Å². The van der Waals surface area contributed by atoms with Crippen LogP contribution in [-0.4, -0.2) is 11.8 Å². The fourth-order valence-corrected chi connectivity index (χ4v) is 2.55. The van der Waals surface area contributed by atoms with Gasteiger partial charge in [-0.25, -0.2) is 0 Å². The summed E-state index contributed by atoms with van der Waals surface area (Å²) in [5.74, 6) is 0. The maximum Gasteiger partial charge on any atom is 0.0822 e. The molecule has 13 heavy (non-hydrogen) atoms. The van der Waals surface area contributed by atoms with E-state index in [0.29, 0.717) is 5.16 Å². The van der Waals surface area contributed by atoms with Crippen LogP contribution in [-0.2, 0) is 6.16 Å². The molecule has 1 aromatic rings. The molecule has 0 spiro atoms. The Bertz CT molecular complexity index is 246. The van der Waals surface area contributed by atoms with Crippen molar-refractivity contribution >= 4 is 7.92 Å². The molecule has 0 fully saturated rings. The van der Waals surface area contributed by atoms with E-state index in [4.69, 9.17) is 0 Å². The maximum absolute atomic E-state index is 2.43. The molecule has 0 saturated carbocycles. The van der Waals surface area contributed by atoms with Crippen LogP contribution in [0.1, 0.15) is 26.3 Å². The predicted molar refractivity (Wildman–Crippen MR) is 64.1 cm³/mol. The summed E-state index contributed by atoms with van der Waals surface area (Å²) in [5.41, 5.74) is 1.49. The Labute approximate surface area is 83.1 Å². The van der Waals surface area contributed by atoms with E-state index in [1.165, 1.54) is 11.7 Å². The van der Waals surface area contributed by atoms with Crippen LogP contribution in [0, 0.1) is 0 Å². The molecule has 0 heterocycles. The second-order valence-corrected chi connectivity index (χ2v) is 8.11. The first-order valence-corrected chi connectivity index (χ1v) is 7.07. The molecular formula is C12H20P+. The third kappa shape index (κ3) is 3.48. The molecule has 0 saturated heterocycles. The second-order valence-electron chi connectivity index (χ2n) is 4.69. The fourth-order valence-electron chi connectivity index (χ4n) is 1.17. The van der Waals surface area contributed by atoms with Crippen LogP contribution in [0.25, 0.3) is 0 Å². The van der Waals surface area contributed by atoms with Crippen molar-refractivity contribution in [1.29, 1.82) is 0 Å². The predicted octanol–water partition coefficient (Wildman–Crippen LogP) is 3.83. The van der Waals surface area contributed by atoms with E-state index in [1.807, 2.05) is 0 Å². The van der Waals surface area contributed by atoms with Crippen LogP contribution in [0.4, 0.5) is 0 Å². The van der Waals surface area contributed by atoms with Crippen LogP contribution in [0.2, 0.25) is 0 Å². The molecule has 0 bridgehead atoms. The molecule has 0 amide bonds. The van der Waals surface area contributed by atoms with E-state index in [1.54, 1.807) is 0 Å². The number of hydrogen-bond acceptors (Lipinski definition) is 0. The minimum atomic E-state index is -0.257. The van der Waals surface area contributed by atoms with Gasteiger partial charge in [-0.3, -0.25) is 0 Å². The van der Waals surface area contributed by atoms with Gasteiger partial charge in [-0.05, 0) is 26.3 Å². The molecule has 72 valence electrons. The van der Waals surface area contributed by atoms with Crippen molar-refractivity contribution in [3.63, 3.8) is 0 Å². The molecule has 0 aliphatic carbocycles. The highest BCUT2D eigenvalue weighted by molar-refractivity contribution is 7.57. The molecule has 1 heteroatoms. The van der Waals surface area contributed by atoms with Gasteiger partial charge in [-0.1, -0.05) is 30.3 Å². The van der Waals surface area contributed by atoms with Crippen LogP contribution in [0.3, 0.4) is 0 Å². The van der Waals surface area contributed by atoms with Gasteiger partial charge in [0.15, 0.2) is 0 Å². The van der Waals surface area contributed by atoms with E-state index in [9.17, 15) is 0 Å². The minimum absolute atomic E-state index is 0.257. The highest BCUT2D eigenvalue weighted by Crippen LogP contribution is 2.48. The largest absolute Gasteiger partial charge is 0.0822 e. The highest BCUT2D eigenvalue weighted by Gasteiger charge is 2.26. The van der Waals surface area contributed by atoms with Crippen molar-refractivity contribution in [3.05, 3.63) is 35.9 Å². The Hall–Kier alpha value is -0.350. The number of hydrogen-bond donors (Lipinski definition) is 0. The summed E-state index contributed by atoms with van der Waals surface area (Å²) < 4.78 is 0. The van der Waals surface area contributed by atoms with Crippen LogP contribution >= 0.6 is 7.92 Å². The quantitative estimate of drug-likeness (QED) is 0.629. The Morgan fingerprint density at radius 2 is 1.62 bits per heavy atom. The summed E-state index contributed by atoms with van der Waals surface area (Å²) in [6, 6.07) is 10.8. The van der Waals surface area contributed by atoms with Gasteiger partial charge in [0.2, 0.25) is 0 Å². The summed E-state index contributed by atoms with van der Waals surface area (Å²) in [4.78, 5) is 0. The minimum Gasteiger partial charge on any atom is -0.0622 e. The molecule has 0 aromatic heterocycles. The van der Waals surface area contributed by atoms with Crippen molar-refractivity contribution in [1.82, 2.24) is 0 Å². The Kier molecular flexibility index (Phi) is 3.50. The van der Waals surface area contributed by atoms with E-state index >= 15 is 0 Å². The first-order chi connectivity index (χ1) is 6.00. The number of rotatable bonds is 2. The van der Waals surface area contributed by atoms with Gasteiger partial charge in [0, 0.05) is 14.6 Å². The Morgan fingerprint density at radius 3 is 2.08 bits per heavy atom. The van der Waals surface area contributed by atoms with Crippen LogP contribution in [0.15, 0.2) is 30.3 Å². The molecule has 0 N–H and O–H groups in total. The zero-order valence-electron chi connectivity index (χ0n) is 9.09. The first-order valence-electron chi connectivity index (χ1n) is 4.87. The molecule has 0 aliphatic heterocycles. The van der Waals surface area contributed by atoms with Gasteiger partial charge in [0.05, 0.1) is 11.3 Å². The summed E-state index contributed by atoms with van der Waals surface area (Å²) in [5, 5.41) is 0.514. The fraction of sp³-hybridized carbons (Fsp3) is 0.500. The molecular weight excluding hydrogens is 175 g/mol. The third-order valence-corrected chi connectivity index (χ3v) is 6.09. The van der Waals surface area contributed by atoms with Crippen molar-refractivity contribution in [2.75, 3.05) is 6.66 Å². The smallest absolute Gasteiger partial charge is 0.0622 e. The summed E-state index contributed by atoms with van der Waals surface area (Å²) in [7, 11) is -0.257. The molecule has 1 aromatic carbocycles. The molecule has 1 atom stereocenters. The molecule has 1 unspecified atom stereocenters. The molecule has 0 nitrogen and oxygen atoms in total. The SMILES string of the molecule is C[PH+](Cc1ccccc1)C(C)(C)C. The van der Waals surface area contributed by atoms with E-state index in [-0.39, 0.29) is 7.92 Å². The van der Waals surface area contributed by atoms with Crippen molar-refractivity contribution in [2.24, 2.45) is 0 Å². The standard InChI is InChI=1S/C12H19P/c1-12(2,3)13(4)10-11-8-6-5-7-9-11/h5-9H,10H2,1-4H3/p+1. The number of benzene rings is 1. The summed E-state index contributed by atoms with van der Waals surface area (Å²) in [6.45, 7) is 9.48. The Balaban J connectivity index is 2.61. The zero-order valence-corrected chi connectivity index (χ0v) is 10.1. The van der Waals surface area contributed by atoms with Crippen LogP contribution < -0.4 is 0 Å². The van der Waals surface area contributed by atoms with Crippen molar-refractivity contribution in [2.45, 2.75) is 32.1 Å². The monoisotopic (exact) mass is 195 g/mol. The average Bonchev–Trinajstić information content (AvgIpc) is 2.04. The van der Waals surface area contributed by atoms with Gasteiger partial charge in [0.1, 0.15) is 0 Å². The van der Waals surface area contributed by atoms with Gasteiger partial charge in [0.25, 0.3) is 0 Å². The van der Waals surface area contributed by atoms with Crippen molar-refractivity contribution in [3.8, 4) is 0 Å². The molecule has 0 radical (unpaired) electrons. The lowest BCUT2D eigenvalue weighted by Gasteiger charge is -2.20. The second kappa shape index (κ2) is 4.24. The van der Waals surface area contributed by atoms with E-state index in [0.717, 1.165) is 0 Å². The van der Waals surface area contributed by atoms with E-state index < -0.39 is 0 Å². The normalized spacial score (nSPS) is 14.2. The molecule has 0 aliphatic rings. The van der Waals surface area contributed by atoms with Gasteiger partial charge in [-0.15, -0.1) is 0 Å². The lowest BCUT2D eigenvalue weighted by Crippen LogP contribution is -2.11. The lowest BCUT2D eigenvalue weighted by molar-refractivity contribution is 0.782. The lowest BCUT2D eigenvalue weighted by atomic mass is 10.2.